The predicted octanol–water partition coefficient (Wildman–Crippen LogP) is 14.4. The molecule has 10 aromatic rings. The molecule has 0 saturated heterocycles. The Morgan fingerprint density at radius 1 is 0.392 bits per heavy atom. The molecule has 3 heteroatoms. The summed E-state index contributed by atoms with van der Waals surface area (Å²) in [5.74, 6) is 0. The van der Waals surface area contributed by atoms with Gasteiger partial charge in [-0.2, -0.15) is 0 Å². The van der Waals surface area contributed by atoms with Crippen molar-refractivity contribution < 1.29 is 4.42 Å². The van der Waals surface area contributed by atoms with Gasteiger partial charge in [-0.1, -0.05) is 146 Å². The maximum atomic E-state index is 6.81. The molecule has 0 fully saturated rings. The molecule has 2 heterocycles. The SMILES string of the molecule is c1ccc(-c2cccc(N(c3ccc(-c4cccc5c4sc4ccccc45)cc3)c3c(-c4ccccc4)ccc4c3oc3ccccc34)c2)cc1. The first-order chi connectivity index (χ1) is 25.3. The number of thiophene rings is 1. The minimum absolute atomic E-state index is 0.863. The lowest BCUT2D eigenvalue weighted by Gasteiger charge is -2.28. The Bertz CT molecular complexity index is 2850. The number of hydrogen-bond acceptors (Lipinski definition) is 3. The van der Waals surface area contributed by atoms with Crippen LogP contribution in [0.5, 0.6) is 0 Å². The molecule has 0 spiro atoms. The first kappa shape index (κ1) is 29.5. The maximum absolute atomic E-state index is 6.81. The molecule has 0 radical (unpaired) electrons. The normalized spacial score (nSPS) is 11.5. The second kappa shape index (κ2) is 12.2. The molecule has 2 nitrogen and oxygen atoms in total. The average molecular weight is 670 g/mol. The van der Waals surface area contributed by atoms with E-state index in [2.05, 4.69) is 187 Å². The number of hydrogen-bond donors (Lipinski definition) is 0. The summed E-state index contributed by atoms with van der Waals surface area (Å²) < 4.78 is 9.44. The highest BCUT2D eigenvalue weighted by Crippen LogP contribution is 2.48. The summed E-state index contributed by atoms with van der Waals surface area (Å²) >= 11 is 1.87. The van der Waals surface area contributed by atoms with Crippen molar-refractivity contribution in [3.8, 4) is 33.4 Å². The molecule has 0 amide bonds. The van der Waals surface area contributed by atoms with E-state index in [1.807, 2.05) is 17.4 Å². The van der Waals surface area contributed by atoms with Gasteiger partial charge in [-0.25, -0.2) is 0 Å². The van der Waals surface area contributed by atoms with E-state index >= 15 is 0 Å². The molecule has 0 atom stereocenters. The van der Waals surface area contributed by atoms with E-state index in [4.69, 9.17) is 4.42 Å². The third-order valence-corrected chi connectivity index (χ3v) is 11.1. The number of para-hydroxylation sites is 1. The number of benzene rings is 8. The topological polar surface area (TPSA) is 16.4 Å². The molecular formula is C48H31NOS. The molecule has 0 unspecified atom stereocenters. The number of fused-ring (bicyclic) bond motifs is 6. The molecule has 10 rings (SSSR count). The third-order valence-electron chi connectivity index (χ3n) is 9.88. The van der Waals surface area contributed by atoms with Crippen molar-refractivity contribution in [3.05, 3.63) is 188 Å². The average Bonchev–Trinajstić information content (AvgIpc) is 3.78. The highest BCUT2D eigenvalue weighted by Gasteiger charge is 2.24. The van der Waals surface area contributed by atoms with Crippen LogP contribution in [0, 0.1) is 0 Å². The van der Waals surface area contributed by atoms with Crippen LogP contribution >= 0.6 is 11.3 Å². The summed E-state index contributed by atoms with van der Waals surface area (Å²) in [6.45, 7) is 0. The molecule has 2 aromatic heterocycles. The van der Waals surface area contributed by atoms with Gasteiger partial charge in [-0.15, -0.1) is 11.3 Å². The van der Waals surface area contributed by atoms with Gasteiger partial charge in [0.2, 0.25) is 0 Å². The summed E-state index contributed by atoms with van der Waals surface area (Å²) in [7, 11) is 0. The van der Waals surface area contributed by atoms with Crippen LogP contribution in [0.15, 0.2) is 192 Å². The summed E-state index contributed by atoms with van der Waals surface area (Å²) in [6, 6.07) is 67.3. The van der Waals surface area contributed by atoms with E-state index in [-0.39, 0.29) is 0 Å². The molecule has 0 bridgehead atoms. The Hall–Kier alpha value is -6.42. The zero-order valence-electron chi connectivity index (χ0n) is 27.7. The highest BCUT2D eigenvalue weighted by molar-refractivity contribution is 7.26. The fraction of sp³-hybridized carbons (Fsp3) is 0. The van der Waals surface area contributed by atoms with Crippen LogP contribution in [0.25, 0.3) is 75.5 Å². The molecule has 0 aliphatic heterocycles. The lowest BCUT2D eigenvalue weighted by atomic mass is 9.98. The Kier molecular flexibility index (Phi) is 7.04. The van der Waals surface area contributed by atoms with Crippen molar-refractivity contribution in [1.29, 1.82) is 0 Å². The van der Waals surface area contributed by atoms with Gasteiger partial charge in [0, 0.05) is 47.9 Å². The third kappa shape index (κ3) is 5.01. The van der Waals surface area contributed by atoms with E-state index in [0.29, 0.717) is 0 Å². The molecular weight excluding hydrogens is 639 g/mol. The van der Waals surface area contributed by atoms with Crippen molar-refractivity contribution in [2.24, 2.45) is 0 Å². The monoisotopic (exact) mass is 669 g/mol. The number of furan rings is 1. The second-order valence-electron chi connectivity index (χ2n) is 12.9. The van der Waals surface area contributed by atoms with Crippen LogP contribution in [0.2, 0.25) is 0 Å². The minimum atomic E-state index is 0.863. The zero-order chi connectivity index (χ0) is 33.7. The van der Waals surface area contributed by atoms with E-state index in [9.17, 15) is 0 Å². The lowest BCUT2D eigenvalue weighted by molar-refractivity contribution is 0.669. The van der Waals surface area contributed by atoms with Gasteiger partial charge in [-0.05, 0) is 70.3 Å². The van der Waals surface area contributed by atoms with Crippen LogP contribution in [0.4, 0.5) is 17.1 Å². The summed E-state index contributed by atoms with van der Waals surface area (Å²) in [5, 5.41) is 4.82. The second-order valence-corrected chi connectivity index (χ2v) is 13.9. The standard InChI is InChI=1S/C48H31NOS/c1-3-13-32(14-4-1)35-17-11-18-37(31-35)49(36-27-25-34(26-28-36)39-21-12-22-43-41-20-8-10-24-45(41)51-48(39)43)46-38(33-15-5-2-6-16-33)29-30-42-40-19-7-9-23-44(40)50-47(42)46/h1-31H. The van der Waals surface area contributed by atoms with Crippen LogP contribution < -0.4 is 4.90 Å². The minimum Gasteiger partial charge on any atom is -0.454 e. The summed E-state index contributed by atoms with van der Waals surface area (Å²) in [4.78, 5) is 2.38. The van der Waals surface area contributed by atoms with Gasteiger partial charge in [-0.3, -0.25) is 0 Å². The van der Waals surface area contributed by atoms with Gasteiger partial charge in [0.05, 0.1) is 5.69 Å². The first-order valence-electron chi connectivity index (χ1n) is 17.3. The van der Waals surface area contributed by atoms with Crippen LogP contribution in [-0.2, 0) is 0 Å². The predicted molar refractivity (Wildman–Crippen MR) is 218 cm³/mol. The van der Waals surface area contributed by atoms with Crippen molar-refractivity contribution in [3.63, 3.8) is 0 Å². The van der Waals surface area contributed by atoms with Gasteiger partial charge < -0.3 is 9.32 Å². The number of rotatable bonds is 6. The lowest BCUT2D eigenvalue weighted by Crippen LogP contribution is -2.12. The van der Waals surface area contributed by atoms with Crippen molar-refractivity contribution in [2.75, 3.05) is 4.90 Å². The molecule has 0 aliphatic carbocycles. The molecule has 240 valence electrons. The van der Waals surface area contributed by atoms with E-state index in [1.54, 1.807) is 0 Å². The Morgan fingerprint density at radius 3 is 1.86 bits per heavy atom. The molecule has 51 heavy (non-hydrogen) atoms. The highest BCUT2D eigenvalue weighted by atomic mass is 32.1. The summed E-state index contributed by atoms with van der Waals surface area (Å²) in [6.07, 6.45) is 0. The van der Waals surface area contributed by atoms with Gasteiger partial charge in [0.15, 0.2) is 5.58 Å². The fourth-order valence-electron chi connectivity index (χ4n) is 7.47. The van der Waals surface area contributed by atoms with Crippen molar-refractivity contribution >= 4 is 70.5 Å². The Labute approximate surface area is 300 Å². The van der Waals surface area contributed by atoms with Crippen molar-refractivity contribution in [2.45, 2.75) is 0 Å². The molecule has 0 N–H and O–H groups in total. The van der Waals surface area contributed by atoms with Crippen molar-refractivity contribution in [1.82, 2.24) is 0 Å². The zero-order valence-corrected chi connectivity index (χ0v) is 28.5. The quantitative estimate of drug-likeness (QED) is 0.175. The molecule has 8 aromatic carbocycles. The molecule has 0 saturated carbocycles. The fourth-order valence-corrected chi connectivity index (χ4v) is 8.71. The Morgan fingerprint density at radius 2 is 1.04 bits per heavy atom. The van der Waals surface area contributed by atoms with Gasteiger partial charge in [0.25, 0.3) is 0 Å². The number of nitrogens with zero attached hydrogens (tertiary/aromatic N) is 1. The van der Waals surface area contributed by atoms with E-state index in [1.165, 1.54) is 36.9 Å². The van der Waals surface area contributed by atoms with Gasteiger partial charge in [0.1, 0.15) is 5.58 Å². The van der Waals surface area contributed by atoms with E-state index < -0.39 is 0 Å². The largest absolute Gasteiger partial charge is 0.454 e. The van der Waals surface area contributed by atoms with Crippen LogP contribution in [0.1, 0.15) is 0 Å². The first-order valence-corrected chi connectivity index (χ1v) is 18.1. The maximum Gasteiger partial charge on any atom is 0.160 e. The number of anilines is 3. The smallest absolute Gasteiger partial charge is 0.160 e. The Balaban J connectivity index is 1.22. The van der Waals surface area contributed by atoms with Crippen LogP contribution in [0.3, 0.4) is 0 Å². The summed E-state index contributed by atoms with van der Waals surface area (Å²) in [5.41, 5.74) is 11.9. The van der Waals surface area contributed by atoms with E-state index in [0.717, 1.165) is 55.7 Å². The molecule has 0 aliphatic rings. The van der Waals surface area contributed by atoms with Gasteiger partial charge >= 0.3 is 0 Å². The van der Waals surface area contributed by atoms with Crippen LogP contribution in [-0.4, -0.2) is 0 Å².